The second kappa shape index (κ2) is 7.96. The molecule has 0 aliphatic heterocycles. The van der Waals surface area contributed by atoms with E-state index < -0.39 is 11.2 Å². The molecule has 0 aromatic rings. The Morgan fingerprint density at radius 2 is 1.68 bits per heavy atom. The van der Waals surface area contributed by atoms with Crippen LogP contribution in [0.25, 0.3) is 0 Å². The number of aliphatic hydroxyl groups is 3. The lowest BCUT2D eigenvalue weighted by molar-refractivity contribution is -0.157. The Morgan fingerprint density at radius 3 is 2.39 bits per heavy atom. The molecule has 4 aliphatic rings. The van der Waals surface area contributed by atoms with Gasteiger partial charge in [-0.25, -0.2) is 0 Å². The molecule has 0 aromatic heterocycles. The summed E-state index contributed by atoms with van der Waals surface area (Å²) in [7, 11) is 0. The summed E-state index contributed by atoms with van der Waals surface area (Å²) >= 11 is 0. The topological polar surface area (TPSA) is 86.7 Å². The summed E-state index contributed by atoms with van der Waals surface area (Å²) in [5.41, 5.74) is 6.18. The third kappa shape index (κ3) is 4.02. The van der Waals surface area contributed by atoms with Crippen molar-refractivity contribution < 1.29 is 15.3 Å². The number of aliphatic hydroxyl groups excluding tert-OH is 1. The van der Waals surface area contributed by atoms with Crippen molar-refractivity contribution in [1.82, 2.24) is 0 Å². The molecule has 4 nitrogen and oxygen atoms in total. The Hall–Kier alpha value is -0.160. The van der Waals surface area contributed by atoms with Crippen LogP contribution in [0.1, 0.15) is 111 Å². The van der Waals surface area contributed by atoms with Gasteiger partial charge in [0, 0.05) is 12.1 Å². The van der Waals surface area contributed by atoms with E-state index in [-0.39, 0.29) is 17.6 Å². The summed E-state index contributed by atoms with van der Waals surface area (Å²) in [5, 5.41) is 30.4. The molecular weight excluding hydrogens is 386 g/mol. The first kappa shape index (κ1) is 24.0. The van der Waals surface area contributed by atoms with Crippen LogP contribution in [0.5, 0.6) is 0 Å². The molecule has 180 valence electrons. The smallest absolute Gasteiger partial charge is 0.0641 e. The van der Waals surface area contributed by atoms with Crippen LogP contribution in [0.3, 0.4) is 0 Å². The van der Waals surface area contributed by atoms with Gasteiger partial charge in [-0.05, 0) is 125 Å². The van der Waals surface area contributed by atoms with Crippen LogP contribution in [0.2, 0.25) is 0 Å². The molecule has 4 fully saturated rings. The average molecular weight is 436 g/mol. The van der Waals surface area contributed by atoms with E-state index in [1.807, 2.05) is 13.8 Å². The van der Waals surface area contributed by atoms with Crippen molar-refractivity contribution in [2.75, 3.05) is 6.61 Å². The van der Waals surface area contributed by atoms with E-state index in [1.54, 1.807) is 0 Å². The summed E-state index contributed by atoms with van der Waals surface area (Å²) in [4.78, 5) is 0. The molecule has 0 saturated heterocycles. The van der Waals surface area contributed by atoms with Crippen molar-refractivity contribution in [3.05, 3.63) is 0 Å². The number of fused-ring (bicyclic) bond motifs is 5. The molecule has 4 aliphatic carbocycles. The minimum absolute atomic E-state index is 0.0656. The predicted octanol–water partition coefficient (Wildman–Crippen LogP) is 4.78. The molecular formula is C27H49NO3. The third-order valence-electron chi connectivity index (χ3n) is 11.3. The van der Waals surface area contributed by atoms with Gasteiger partial charge < -0.3 is 21.1 Å². The fraction of sp³-hybridized carbons (Fsp3) is 1.00. The van der Waals surface area contributed by atoms with Crippen molar-refractivity contribution in [3.8, 4) is 0 Å². The Balaban J connectivity index is 1.45. The van der Waals surface area contributed by atoms with Gasteiger partial charge in [0.1, 0.15) is 0 Å². The summed E-state index contributed by atoms with van der Waals surface area (Å²) in [6, 6.07) is 0. The van der Waals surface area contributed by atoms with E-state index in [9.17, 15) is 15.3 Å². The lowest BCUT2D eigenvalue weighted by Gasteiger charge is -2.65. The molecule has 0 aromatic carbocycles. The van der Waals surface area contributed by atoms with Crippen molar-refractivity contribution >= 4 is 0 Å². The number of nitrogens with two attached hydrogens (primary N) is 1. The Morgan fingerprint density at radius 1 is 0.935 bits per heavy atom. The zero-order valence-corrected chi connectivity index (χ0v) is 20.6. The summed E-state index contributed by atoms with van der Waals surface area (Å²) < 4.78 is 0. The van der Waals surface area contributed by atoms with Gasteiger partial charge in [-0.15, -0.1) is 0 Å². The number of hydrogen-bond donors (Lipinski definition) is 4. The zero-order chi connectivity index (χ0) is 22.7. The average Bonchev–Trinajstić information content (AvgIpc) is 2.99. The molecule has 4 heteroatoms. The molecule has 9 atom stereocenters. The maximum atomic E-state index is 10.8. The largest absolute Gasteiger partial charge is 0.396 e. The maximum Gasteiger partial charge on any atom is 0.0641 e. The van der Waals surface area contributed by atoms with Crippen LogP contribution in [0.15, 0.2) is 0 Å². The highest BCUT2D eigenvalue weighted by molar-refractivity contribution is 5.17. The molecule has 5 N–H and O–H groups in total. The first-order valence-electron chi connectivity index (χ1n) is 13.2. The fourth-order valence-corrected chi connectivity index (χ4v) is 9.26. The second-order valence-electron chi connectivity index (χ2n) is 13.3. The minimum atomic E-state index is -0.726. The SMILES string of the molecule is CC(O)(CCO)CCC[C@H]1CC[C@H]2[C@@H]3CC[C@@]4(N)C[C@@](C)(O)CC[C@]4(C)[C@H]3CC[C@]12C. The summed E-state index contributed by atoms with van der Waals surface area (Å²) in [6.45, 7) is 8.98. The van der Waals surface area contributed by atoms with Crippen molar-refractivity contribution in [3.63, 3.8) is 0 Å². The minimum Gasteiger partial charge on any atom is -0.396 e. The van der Waals surface area contributed by atoms with Gasteiger partial charge in [0.25, 0.3) is 0 Å². The summed E-state index contributed by atoms with van der Waals surface area (Å²) in [5.74, 6) is 3.10. The third-order valence-corrected chi connectivity index (χ3v) is 11.3. The van der Waals surface area contributed by atoms with Gasteiger partial charge in [0.2, 0.25) is 0 Å². The lowest BCUT2D eigenvalue weighted by atomic mass is 9.41. The predicted molar refractivity (Wildman–Crippen MR) is 125 cm³/mol. The van der Waals surface area contributed by atoms with Gasteiger partial charge in [-0.1, -0.05) is 20.3 Å². The quantitative estimate of drug-likeness (QED) is 0.483. The van der Waals surface area contributed by atoms with Crippen molar-refractivity contribution in [2.45, 2.75) is 128 Å². The summed E-state index contributed by atoms with van der Waals surface area (Å²) in [6.07, 6.45) is 13.9. The molecule has 1 unspecified atom stereocenters. The van der Waals surface area contributed by atoms with E-state index in [4.69, 9.17) is 5.73 Å². The van der Waals surface area contributed by atoms with E-state index in [0.717, 1.165) is 56.3 Å². The highest BCUT2D eigenvalue weighted by Crippen LogP contribution is 2.68. The normalized spacial score (nSPS) is 51.5. The standard InChI is InChI=1S/C27H49NO3/c1-23(30,16-17-29)11-5-6-19-7-8-21-20-9-13-27(28)18-24(2,31)14-15-26(27,4)22(20)10-12-25(19,21)3/h19-22,29-31H,5-18,28H2,1-4H3/t19-,20-,21-,22-,23?,24-,25+,26+,27+/m0/s1. The second-order valence-corrected chi connectivity index (χ2v) is 13.3. The highest BCUT2D eigenvalue weighted by Gasteiger charge is 2.64. The monoisotopic (exact) mass is 435 g/mol. The molecule has 0 heterocycles. The van der Waals surface area contributed by atoms with E-state index in [1.165, 1.54) is 38.5 Å². The fourth-order valence-electron chi connectivity index (χ4n) is 9.26. The zero-order valence-electron chi connectivity index (χ0n) is 20.6. The van der Waals surface area contributed by atoms with Crippen molar-refractivity contribution in [2.24, 2.45) is 40.2 Å². The van der Waals surface area contributed by atoms with Crippen LogP contribution in [0, 0.1) is 34.5 Å². The van der Waals surface area contributed by atoms with Crippen LogP contribution in [0.4, 0.5) is 0 Å². The van der Waals surface area contributed by atoms with Gasteiger partial charge >= 0.3 is 0 Å². The van der Waals surface area contributed by atoms with Gasteiger partial charge in [0.15, 0.2) is 0 Å². The maximum absolute atomic E-state index is 10.8. The first-order valence-corrected chi connectivity index (χ1v) is 13.2. The Kier molecular flexibility index (Phi) is 6.16. The number of hydrogen-bond acceptors (Lipinski definition) is 4. The Labute approximate surface area is 190 Å². The highest BCUT2D eigenvalue weighted by atomic mass is 16.3. The van der Waals surface area contributed by atoms with Gasteiger partial charge in [-0.3, -0.25) is 0 Å². The molecule has 31 heavy (non-hydrogen) atoms. The van der Waals surface area contributed by atoms with Crippen LogP contribution < -0.4 is 5.73 Å². The molecule has 0 amide bonds. The van der Waals surface area contributed by atoms with Crippen LogP contribution >= 0.6 is 0 Å². The van der Waals surface area contributed by atoms with E-state index in [0.29, 0.717) is 17.8 Å². The van der Waals surface area contributed by atoms with Crippen LogP contribution in [-0.2, 0) is 0 Å². The van der Waals surface area contributed by atoms with E-state index in [2.05, 4.69) is 13.8 Å². The van der Waals surface area contributed by atoms with Gasteiger partial charge in [-0.2, -0.15) is 0 Å². The molecule has 0 spiro atoms. The molecule has 0 radical (unpaired) electrons. The molecule has 4 rings (SSSR count). The first-order chi connectivity index (χ1) is 14.4. The van der Waals surface area contributed by atoms with Crippen molar-refractivity contribution in [1.29, 1.82) is 0 Å². The van der Waals surface area contributed by atoms with Crippen LogP contribution in [-0.4, -0.2) is 38.7 Å². The van der Waals surface area contributed by atoms with E-state index >= 15 is 0 Å². The number of rotatable bonds is 6. The van der Waals surface area contributed by atoms with Gasteiger partial charge in [0.05, 0.1) is 11.2 Å². The Bertz CT molecular complexity index is 663. The lowest BCUT2D eigenvalue weighted by Crippen LogP contribution is -2.68. The molecule has 4 saturated carbocycles. The molecule has 0 bridgehead atoms.